The van der Waals surface area contributed by atoms with Crippen LogP contribution >= 0.6 is 11.6 Å². The van der Waals surface area contributed by atoms with Crippen LogP contribution in [0.5, 0.6) is 0 Å². The molecule has 0 N–H and O–H groups in total. The van der Waals surface area contributed by atoms with E-state index in [0.717, 1.165) is 30.2 Å². The molecule has 1 aliphatic carbocycles. The number of hydrogen-bond acceptors (Lipinski definition) is 2. The van der Waals surface area contributed by atoms with Crippen molar-refractivity contribution in [2.24, 2.45) is 5.92 Å². The molecule has 32 heavy (non-hydrogen) atoms. The van der Waals surface area contributed by atoms with Gasteiger partial charge < -0.3 is 4.90 Å². The zero-order chi connectivity index (χ0) is 22.8. The molecule has 2 aliphatic rings. The Balaban J connectivity index is 1.64. The van der Waals surface area contributed by atoms with Crippen LogP contribution in [-0.4, -0.2) is 29.4 Å². The van der Waals surface area contributed by atoms with E-state index in [2.05, 4.69) is 79.5 Å². The Morgan fingerprint density at radius 1 is 1.06 bits per heavy atom. The van der Waals surface area contributed by atoms with Gasteiger partial charge in [-0.25, -0.2) is 0 Å². The molecule has 164 valence electrons. The summed E-state index contributed by atoms with van der Waals surface area (Å²) in [7, 11) is 0. The van der Waals surface area contributed by atoms with E-state index in [9.17, 15) is 0 Å². The van der Waals surface area contributed by atoms with Gasteiger partial charge in [0.05, 0.1) is 6.04 Å². The predicted octanol–water partition coefficient (Wildman–Crippen LogP) is 6.78. The molecule has 1 heterocycles. The number of halogens is 1. The maximum absolute atomic E-state index is 6.21. The first-order chi connectivity index (χ1) is 15.4. The second-order valence-corrected chi connectivity index (χ2v) is 9.34. The van der Waals surface area contributed by atoms with Crippen LogP contribution in [0.3, 0.4) is 0 Å². The fourth-order valence-electron chi connectivity index (χ4n) is 4.72. The van der Waals surface area contributed by atoms with E-state index in [1.54, 1.807) is 0 Å². The lowest BCUT2D eigenvalue weighted by molar-refractivity contribution is 0.0745. The average Bonchev–Trinajstić information content (AvgIpc) is 2.82. The van der Waals surface area contributed by atoms with Crippen LogP contribution in [0.2, 0.25) is 5.02 Å². The number of nitrogens with zero attached hydrogens (tertiary/aromatic N) is 2. The van der Waals surface area contributed by atoms with E-state index in [1.165, 1.54) is 28.0 Å². The third-order valence-electron chi connectivity index (χ3n) is 7.12. The first kappa shape index (κ1) is 22.5. The molecule has 3 heteroatoms. The molecule has 0 amide bonds. The molecule has 4 rings (SSSR count). The third-order valence-corrected chi connectivity index (χ3v) is 7.37. The van der Waals surface area contributed by atoms with Crippen molar-refractivity contribution in [2.75, 3.05) is 19.6 Å². The van der Waals surface area contributed by atoms with Crippen LogP contribution in [-0.2, 0) is 0 Å². The summed E-state index contributed by atoms with van der Waals surface area (Å²) in [5, 5.41) is 0.767. The van der Waals surface area contributed by atoms with Gasteiger partial charge in [-0.05, 0) is 60.9 Å². The molecule has 0 radical (unpaired) electrons. The highest BCUT2D eigenvalue weighted by Crippen LogP contribution is 2.39. The molecule has 1 aliphatic heterocycles. The first-order valence-corrected chi connectivity index (χ1v) is 11.7. The van der Waals surface area contributed by atoms with E-state index in [1.807, 2.05) is 24.3 Å². The second-order valence-electron chi connectivity index (χ2n) is 8.91. The van der Waals surface area contributed by atoms with Crippen LogP contribution in [0.4, 0.5) is 0 Å². The summed E-state index contributed by atoms with van der Waals surface area (Å²) >= 11 is 6.21. The molecule has 0 spiro atoms. The first-order valence-electron chi connectivity index (χ1n) is 11.3. The highest BCUT2D eigenvalue weighted by molar-refractivity contribution is 6.30. The molecule has 2 nitrogen and oxygen atoms in total. The van der Waals surface area contributed by atoms with Crippen molar-refractivity contribution < 1.29 is 0 Å². The van der Waals surface area contributed by atoms with E-state index in [0.29, 0.717) is 12.0 Å². The predicted molar refractivity (Wildman–Crippen MR) is 135 cm³/mol. The van der Waals surface area contributed by atoms with Crippen molar-refractivity contribution in [3.05, 3.63) is 106 Å². The zero-order valence-electron chi connectivity index (χ0n) is 19.2. The second kappa shape index (κ2) is 9.41. The van der Waals surface area contributed by atoms with Crippen LogP contribution in [0.15, 0.2) is 84.1 Å². The van der Waals surface area contributed by atoms with Gasteiger partial charge in [0.2, 0.25) is 0 Å². The summed E-state index contributed by atoms with van der Waals surface area (Å²) < 4.78 is 0. The molecule has 0 saturated carbocycles. The Labute approximate surface area is 197 Å². The van der Waals surface area contributed by atoms with Crippen LogP contribution < -0.4 is 0 Å². The van der Waals surface area contributed by atoms with Gasteiger partial charge in [0.25, 0.3) is 0 Å². The molecule has 2 aromatic rings. The van der Waals surface area contributed by atoms with E-state index < -0.39 is 0 Å². The third kappa shape index (κ3) is 4.42. The Hall–Kier alpha value is -2.73. The minimum Gasteiger partial charge on any atom is -0.362 e. The van der Waals surface area contributed by atoms with Crippen molar-refractivity contribution in [1.29, 1.82) is 0 Å². The lowest BCUT2D eigenvalue weighted by Crippen LogP contribution is -2.49. The minimum absolute atomic E-state index is 0.232. The maximum atomic E-state index is 6.21. The van der Waals surface area contributed by atoms with Gasteiger partial charge in [-0.2, -0.15) is 0 Å². The monoisotopic (exact) mass is 442 g/mol. The number of hydrogen-bond donors (Lipinski definition) is 0. The van der Waals surface area contributed by atoms with Gasteiger partial charge in [-0.15, -0.1) is 6.42 Å². The van der Waals surface area contributed by atoms with Crippen molar-refractivity contribution in [3.8, 4) is 12.3 Å². The summed E-state index contributed by atoms with van der Waals surface area (Å²) in [6.45, 7) is 14.0. The number of rotatable bonds is 4. The topological polar surface area (TPSA) is 6.48 Å². The fraction of sp³-hybridized carbons (Fsp3) is 0.310. The molecule has 3 atom stereocenters. The van der Waals surface area contributed by atoms with Crippen molar-refractivity contribution in [3.63, 3.8) is 0 Å². The van der Waals surface area contributed by atoms with Gasteiger partial charge in [0.15, 0.2) is 0 Å². The Morgan fingerprint density at radius 3 is 2.41 bits per heavy atom. The molecule has 1 fully saturated rings. The summed E-state index contributed by atoms with van der Waals surface area (Å²) in [4.78, 5) is 5.10. The van der Waals surface area contributed by atoms with Gasteiger partial charge in [0.1, 0.15) is 0 Å². The SMILES string of the molecule is C#Cc1ccc(C(C)N2CCN(C3=CC=C(C)C(C)C3=C)C(c3ccc(Cl)cc3)C2)cc1. The Kier molecular flexibility index (Phi) is 6.60. The molecule has 1 saturated heterocycles. The highest BCUT2D eigenvalue weighted by Gasteiger charge is 2.34. The molecule has 0 bridgehead atoms. The van der Waals surface area contributed by atoms with Crippen molar-refractivity contribution in [1.82, 2.24) is 9.80 Å². The Morgan fingerprint density at radius 2 is 1.75 bits per heavy atom. The van der Waals surface area contributed by atoms with Gasteiger partial charge in [-0.3, -0.25) is 4.90 Å². The van der Waals surface area contributed by atoms with Gasteiger partial charge in [0, 0.05) is 47.9 Å². The summed E-state index contributed by atoms with van der Waals surface area (Å²) in [5.74, 6) is 3.08. The molecular weight excluding hydrogens is 412 g/mol. The standard InChI is InChI=1S/C29H31ClN2/c1-6-24-8-10-25(11-9-24)23(5)31-17-18-32(28-16-7-20(2)21(3)22(28)4)29(19-31)26-12-14-27(30)15-13-26/h1,7-16,21,23,29H,4,17-19H2,2-3,5H3. The highest BCUT2D eigenvalue weighted by atomic mass is 35.5. The number of allylic oxidation sites excluding steroid dienone is 4. The van der Waals surface area contributed by atoms with Crippen molar-refractivity contribution in [2.45, 2.75) is 32.9 Å². The van der Waals surface area contributed by atoms with Gasteiger partial charge in [-0.1, -0.05) is 66.9 Å². The Bertz CT molecular complexity index is 1090. The van der Waals surface area contributed by atoms with Gasteiger partial charge >= 0.3 is 0 Å². The fourth-order valence-corrected chi connectivity index (χ4v) is 4.85. The molecule has 2 aromatic carbocycles. The smallest absolute Gasteiger partial charge is 0.0670 e. The van der Waals surface area contributed by atoms with Crippen LogP contribution in [0, 0.1) is 18.3 Å². The van der Waals surface area contributed by atoms with Crippen LogP contribution in [0.1, 0.15) is 49.5 Å². The number of piperazine rings is 1. The molecular formula is C29H31ClN2. The number of terminal acetylenes is 1. The molecule has 3 unspecified atom stereocenters. The largest absolute Gasteiger partial charge is 0.362 e. The number of benzene rings is 2. The zero-order valence-corrected chi connectivity index (χ0v) is 19.9. The normalized spacial score (nSPS) is 22.7. The maximum Gasteiger partial charge on any atom is 0.0670 e. The van der Waals surface area contributed by atoms with E-state index >= 15 is 0 Å². The quantitative estimate of drug-likeness (QED) is 0.481. The van der Waals surface area contributed by atoms with Crippen molar-refractivity contribution >= 4 is 11.6 Å². The molecule has 0 aromatic heterocycles. The van der Waals surface area contributed by atoms with E-state index in [4.69, 9.17) is 18.0 Å². The van der Waals surface area contributed by atoms with Crippen LogP contribution in [0.25, 0.3) is 0 Å². The lowest BCUT2D eigenvalue weighted by atomic mass is 9.86. The average molecular weight is 443 g/mol. The lowest BCUT2D eigenvalue weighted by Gasteiger charge is -2.47. The summed E-state index contributed by atoms with van der Waals surface area (Å²) in [6, 6.07) is 17.2. The summed E-state index contributed by atoms with van der Waals surface area (Å²) in [6.07, 6.45) is 10.0. The van der Waals surface area contributed by atoms with E-state index in [-0.39, 0.29) is 6.04 Å². The summed E-state index contributed by atoms with van der Waals surface area (Å²) in [5.41, 5.74) is 7.32. The minimum atomic E-state index is 0.232.